The third kappa shape index (κ3) is 21.8. The highest BCUT2D eigenvalue weighted by molar-refractivity contribution is 7.46. The molecule has 0 unspecified atom stereocenters. The molecule has 0 bridgehead atoms. The van der Waals surface area contributed by atoms with Crippen LogP contribution >= 0.6 is 7.82 Å². The largest absolute Gasteiger partial charge is 0.469 e. The Labute approximate surface area is 147 Å². The van der Waals surface area contributed by atoms with Crippen molar-refractivity contribution in [1.29, 1.82) is 0 Å². The summed E-state index contributed by atoms with van der Waals surface area (Å²) in [7, 11) is -4.27. The number of carbonyl (C=O) groups excluding carboxylic acids is 1. The van der Waals surface area contributed by atoms with E-state index in [0.29, 0.717) is 0 Å². The number of carbonyl (C=O) groups is 1. The summed E-state index contributed by atoms with van der Waals surface area (Å²) >= 11 is 0. The van der Waals surface area contributed by atoms with Crippen molar-refractivity contribution in [3.63, 3.8) is 0 Å². The molecule has 0 rings (SSSR count). The fourth-order valence-electron chi connectivity index (χ4n) is 2.81. The van der Waals surface area contributed by atoms with E-state index in [0.717, 1.165) is 38.4 Å². The van der Waals surface area contributed by atoms with Crippen molar-refractivity contribution in [3.05, 3.63) is 0 Å². The average molecular weight is 364 g/mol. The van der Waals surface area contributed by atoms with Crippen molar-refractivity contribution in [1.82, 2.24) is 0 Å². The van der Waals surface area contributed by atoms with E-state index in [1.54, 1.807) is 0 Å². The van der Waals surface area contributed by atoms with Crippen LogP contribution in [0.15, 0.2) is 0 Å². The van der Waals surface area contributed by atoms with Gasteiger partial charge in [0.2, 0.25) is 0 Å². The van der Waals surface area contributed by atoms with Crippen LogP contribution in [0.4, 0.5) is 0 Å². The van der Waals surface area contributed by atoms with Gasteiger partial charge in [0.15, 0.2) is 0 Å². The van der Waals surface area contributed by atoms with Gasteiger partial charge in [-0.05, 0) is 12.8 Å². The molecular weight excluding hydrogens is 327 g/mol. The van der Waals surface area contributed by atoms with Crippen molar-refractivity contribution in [3.8, 4) is 0 Å². The number of rotatable bonds is 19. The lowest BCUT2D eigenvalue weighted by Gasteiger charge is -2.05. The van der Waals surface area contributed by atoms with Crippen molar-refractivity contribution in [2.75, 3.05) is 6.61 Å². The predicted molar refractivity (Wildman–Crippen MR) is 97.9 cm³/mol. The van der Waals surface area contributed by atoms with Gasteiger partial charge < -0.3 is 14.6 Å². The maximum Gasteiger partial charge on any atom is 0.469 e. The maximum absolute atomic E-state index is 10.5. The van der Waals surface area contributed by atoms with E-state index in [4.69, 9.17) is 9.79 Å². The van der Waals surface area contributed by atoms with Crippen LogP contribution in [0.25, 0.3) is 0 Å². The summed E-state index contributed by atoms with van der Waals surface area (Å²) in [5.74, 6) is 0. The fourth-order valence-corrected chi connectivity index (χ4v) is 3.18. The van der Waals surface area contributed by atoms with Gasteiger partial charge in [0.1, 0.15) is 6.29 Å². The Kier molecular flexibility index (Phi) is 17.4. The zero-order valence-corrected chi connectivity index (χ0v) is 16.1. The van der Waals surface area contributed by atoms with Crippen LogP contribution in [-0.4, -0.2) is 22.7 Å². The Bertz CT molecular complexity index is 317. The van der Waals surface area contributed by atoms with Gasteiger partial charge >= 0.3 is 7.82 Å². The molecule has 0 saturated heterocycles. The summed E-state index contributed by atoms with van der Waals surface area (Å²) in [5, 5.41) is 0. The molecule has 0 aliphatic carbocycles. The van der Waals surface area contributed by atoms with Crippen molar-refractivity contribution < 1.29 is 23.7 Å². The SMILES string of the molecule is O=CCCCCCCCCCCCCCCCCCOP(=O)(O)O. The average Bonchev–Trinajstić information content (AvgIpc) is 2.52. The van der Waals surface area contributed by atoms with Crippen LogP contribution < -0.4 is 0 Å². The van der Waals surface area contributed by atoms with Crippen LogP contribution in [-0.2, 0) is 13.9 Å². The Balaban J connectivity index is 3.03. The second-order valence-corrected chi connectivity index (χ2v) is 7.82. The Morgan fingerprint density at radius 3 is 1.29 bits per heavy atom. The molecule has 0 aromatic rings. The first-order valence-corrected chi connectivity index (χ1v) is 11.2. The second kappa shape index (κ2) is 17.6. The highest BCUT2D eigenvalue weighted by Gasteiger charge is 2.12. The number of aldehydes is 1. The molecule has 5 nitrogen and oxygen atoms in total. The van der Waals surface area contributed by atoms with Gasteiger partial charge in [0.05, 0.1) is 6.61 Å². The van der Waals surface area contributed by atoms with Gasteiger partial charge in [0, 0.05) is 6.42 Å². The quantitative estimate of drug-likeness (QED) is 0.179. The van der Waals surface area contributed by atoms with E-state index in [9.17, 15) is 9.36 Å². The number of phosphoric acid groups is 1. The summed E-state index contributed by atoms with van der Waals surface area (Å²) < 4.78 is 14.9. The summed E-state index contributed by atoms with van der Waals surface area (Å²) in [6, 6.07) is 0. The smallest absolute Gasteiger partial charge is 0.303 e. The first kappa shape index (κ1) is 23.8. The van der Waals surface area contributed by atoms with Crippen LogP contribution in [0, 0.1) is 0 Å². The van der Waals surface area contributed by atoms with E-state index in [2.05, 4.69) is 4.52 Å². The Morgan fingerprint density at radius 1 is 0.625 bits per heavy atom. The third-order valence-corrected chi connectivity index (χ3v) is 4.74. The van der Waals surface area contributed by atoms with Crippen LogP contribution in [0.5, 0.6) is 0 Å². The van der Waals surface area contributed by atoms with E-state index in [-0.39, 0.29) is 6.61 Å². The lowest BCUT2D eigenvalue weighted by atomic mass is 10.0. The van der Waals surface area contributed by atoms with Crippen LogP contribution in [0.3, 0.4) is 0 Å². The summed E-state index contributed by atoms with van der Waals surface area (Å²) in [5.41, 5.74) is 0. The first-order chi connectivity index (χ1) is 11.6. The molecule has 0 radical (unpaired) electrons. The lowest BCUT2D eigenvalue weighted by Crippen LogP contribution is -1.92. The molecule has 0 fully saturated rings. The van der Waals surface area contributed by atoms with Crippen molar-refractivity contribution in [2.45, 2.75) is 103 Å². The molecule has 0 aromatic heterocycles. The summed E-state index contributed by atoms with van der Waals surface area (Å²) in [4.78, 5) is 27.2. The predicted octanol–water partition coefficient (Wildman–Crippen LogP) is 5.54. The van der Waals surface area contributed by atoms with Gasteiger partial charge in [-0.3, -0.25) is 4.52 Å². The molecule has 0 saturated carbocycles. The van der Waals surface area contributed by atoms with E-state index in [1.807, 2.05) is 0 Å². The molecule has 0 spiro atoms. The number of phosphoric ester groups is 1. The molecule has 0 amide bonds. The minimum Gasteiger partial charge on any atom is -0.303 e. The van der Waals surface area contributed by atoms with Crippen molar-refractivity contribution in [2.24, 2.45) is 0 Å². The summed E-state index contributed by atoms with van der Waals surface area (Å²) in [6.45, 7) is 0.154. The van der Waals surface area contributed by atoms with E-state index < -0.39 is 7.82 Å². The van der Waals surface area contributed by atoms with Gasteiger partial charge in [-0.15, -0.1) is 0 Å². The molecule has 0 aliphatic heterocycles. The molecule has 0 aromatic carbocycles. The second-order valence-electron chi connectivity index (χ2n) is 6.58. The molecule has 0 heterocycles. The topological polar surface area (TPSA) is 83.8 Å². The lowest BCUT2D eigenvalue weighted by molar-refractivity contribution is -0.107. The number of unbranched alkanes of at least 4 members (excludes halogenated alkanes) is 15. The highest BCUT2D eigenvalue weighted by Crippen LogP contribution is 2.35. The molecule has 0 atom stereocenters. The Hall–Kier alpha value is -0.220. The minimum atomic E-state index is -4.27. The van der Waals surface area contributed by atoms with Gasteiger partial charge in [-0.2, -0.15) is 0 Å². The first-order valence-electron chi connectivity index (χ1n) is 9.70. The molecule has 24 heavy (non-hydrogen) atoms. The van der Waals surface area contributed by atoms with E-state index in [1.165, 1.54) is 70.6 Å². The van der Waals surface area contributed by atoms with Gasteiger partial charge in [-0.25, -0.2) is 4.57 Å². The zero-order valence-electron chi connectivity index (χ0n) is 15.2. The maximum atomic E-state index is 10.5. The summed E-state index contributed by atoms with van der Waals surface area (Å²) in [6.07, 6.45) is 19.8. The number of hydrogen-bond donors (Lipinski definition) is 2. The standard InChI is InChI=1S/C18H37O5P/c19-17-15-13-11-9-7-5-3-1-2-4-6-8-10-12-14-16-18-23-24(20,21)22/h17H,1-16,18H2,(H2,20,21,22). The molecular formula is C18H37O5P. The number of hydrogen-bond acceptors (Lipinski definition) is 3. The van der Waals surface area contributed by atoms with Crippen molar-refractivity contribution >= 4 is 14.1 Å². The fraction of sp³-hybridized carbons (Fsp3) is 0.944. The van der Waals surface area contributed by atoms with Crippen LogP contribution in [0.1, 0.15) is 103 Å². The molecule has 0 aliphatic rings. The van der Waals surface area contributed by atoms with Gasteiger partial charge in [0.25, 0.3) is 0 Å². The van der Waals surface area contributed by atoms with Crippen LogP contribution in [0.2, 0.25) is 0 Å². The molecule has 6 heteroatoms. The third-order valence-electron chi connectivity index (χ3n) is 4.23. The van der Waals surface area contributed by atoms with Gasteiger partial charge in [-0.1, -0.05) is 83.5 Å². The molecule has 2 N–H and O–H groups in total. The highest BCUT2D eigenvalue weighted by atomic mass is 31.2. The molecule has 144 valence electrons. The zero-order chi connectivity index (χ0) is 17.9. The monoisotopic (exact) mass is 364 g/mol. The minimum absolute atomic E-state index is 0.154. The van der Waals surface area contributed by atoms with E-state index >= 15 is 0 Å². The Morgan fingerprint density at radius 2 is 0.958 bits per heavy atom. The normalized spacial score (nSPS) is 11.8.